The number of carboxylic acids is 1. The van der Waals surface area contributed by atoms with Gasteiger partial charge in [-0.25, -0.2) is 0 Å². The Kier molecular flexibility index (Phi) is 8.48. The van der Waals surface area contributed by atoms with E-state index in [4.69, 9.17) is 0 Å². The van der Waals surface area contributed by atoms with Gasteiger partial charge in [-0.2, -0.15) is 11.3 Å². The topological polar surface area (TPSA) is 74.6 Å². The summed E-state index contributed by atoms with van der Waals surface area (Å²) in [6.07, 6.45) is 4.55. The van der Waals surface area contributed by atoms with Gasteiger partial charge in [-0.05, 0) is 40.8 Å². The van der Waals surface area contributed by atoms with Crippen LogP contribution in [0.2, 0.25) is 0 Å². The lowest BCUT2D eigenvalue weighted by molar-refractivity contribution is -0.144. The minimum Gasteiger partial charge on any atom is -0.481 e. The number of unbranched alkanes of at least 4 members (excludes halogenated alkanes) is 3. The van der Waals surface area contributed by atoms with Gasteiger partial charge in [0, 0.05) is 6.16 Å². The highest BCUT2D eigenvalue weighted by Gasteiger charge is 2.53. The fourth-order valence-corrected chi connectivity index (χ4v) is 7.49. The number of aliphatic carboxylic acids is 1. The lowest BCUT2D eigenvalue weighted by atomic mass is 9.74. The van der Waals surface area contributed by atoms with Crippen LogP contribution in [0, 0.1) is 0 Å². The predicted molar refractivity (Wildman–Crippen MR) is 116 cm³/mol. The minimum absolute atomic E-state index is 0.00541. The zero-order chi connectivity index (χ0) is 20.6. The van der Waals surface area contributed by atoms with Gasteiger partial charge in [0.15, 0.2) is 0 Å². The first-order chi connectivity index (χ1) is 13.4. The molecule has 2 N–H and O–H groups in total. The summed E-state index contributed by atoms with van der Waals surface area (Å²) < 4.78 is 13.6. The van der Waals surface area contributed by atoms with Gasteiger partial charge >= 0.3 is 5.97 Å². The third kappa shape index (κ3) is 5.14. The molecule has 3 unspecified atom stereocenters. The summed E-state index contributed by atoms with van der Waals surface area (Å²) in [6, 6.07) is 11.0. The van der Waals surface area contributed by atoms with Crippen molar-refractivity contribution in [1.29, 1.82) is 0 Å². The van der Waals surface area contributed by atoms with Crippen molar-refractivity contribution in [2.45, 2.75) is 69.6 Å². The highest BCUT2D eigenvalue weighted by molar-refractivity contribution is 7.58. The highest BCUT2D eigenvalue weighted by Crippen LogP contribution is 2.59. The lowest BCUT2D eigenvalue weighted by Crippen LogP contribution is -2.46. The van der Waals surface area contributed by atoms with Crippen molar-refractivity contribution >= 4 is 24.7 Å². The van der Waals surface area contributed by atoms with Crippen LogP contribution in [0.4, 0.5) is 0 Å². The molecule has 3 atom stereocenters. The number of hydrogen-bond donors (Lipinski definition) is 2. The van der Waals surface area contributed by atoms with Crippen LogP contribution in [-0.4, -0.2) is 21.6 Å². The van der Waals surface area contributed by atoms with Crippen molar-refractivity contribution in [2.24, 2.45) is 0 Å². The normalized spacial score (nSPS) is 16.8. The summed E-state index contributed by atoms with van der Waals surface area (Å²) in [5.41, 5.74) is -0.734. The predicted octanol–water partition coefficient (Wildman–Crippen LogP) is 6.29. The molecule has 2 aromatic rings. The van der Waals surface area contributed by atoms with Gasteiger partial charge in [-0.15, -0.1) is 0 Å². The molecule has 0 aliphatic carbocycles. The van der Waals surface area contributed by atoms with Crippen LogP contribution in [0.25, 0.3) is 0 Å². The molecule has 0 saturated heterocycles. The molecule has 154 valence electrons. The summed E-state index contributed by atoms with van der Waals surface area (Å²) in [5, 5.41) is 13.9. The number of thiophene rings is 1. The molecule has 0 saturated carbocycles. The maximum atomic E-state index is 13.6. The maximum absolute atomic E-state index is 13.6. The average Bonchev–Trinajstić information content (AvgIpc) is 3.19. The van der Waals surface area contributed by atoms with Gasteiger partial charge in [0.05, 0.1) is 5.66 Å². The molecule has 0 aliphatic heterocycles. The molecule has 0 radical (unpaired) electrons. The van der Waals surface area contributed by atoms with E-state index in [2.05, 4.69) is 6.92 Å². The molecule has 2 rings (SSSR count). The summed E-state index contributed by atoms with van der Waals surface area (Å²) in [5.74, 6) is -1.00. The van der Waals surface area contributed by atoms with Crippen molar-refractivity contribution in [2.75, 3.05) is 0 Å². The first kappa shape index (κ1) is 22.9. The second-order valence-electron chi connectivity index (χ2n) is 7.41. The van der Waals surface area contributed by atoms with E-state index < -0.39 is 24.4 Å². The lowest BCUT2D eigenvalue weighted by Gasteiger charge is -2.39. The van der Waals surface area contributed by atoms with Gasteiger partial charge in [0.1, 0.15) is 5.41 Å². The van der Waals surface area contributed by atoms with E-state index in [-0.39, 0.29) is 12.6 Å². The molecule has 0 fully saturated rings. The maximum Gasteiger partial charge on any atom is 0.314 e. The van der Waals surface area contributed by atoms with Gasteiger partial charge in [0.25, 0.3) is 0 Å². The molecule has 0 spiro atoms. The molecular formula is C22H31O4PS. The number of carboxylic acid groups (broad SMARTS) is 1. The van der Waals surface area contributed by atoms with Crippen LogP contribution in [0.3, 0.4) is 0 Å². The molecule has 0 aliphatic rings. The zero-order valence-corrected chi connectivity index (χ0v) is 18.4. The van der Waals surface area contributed by atoms with Crippen molar-refractivity contribution in [1.82, 2.24) is 0 Å². The van der Waals surface area contributed by atoms with Crippen molar-refractivity contribution in [3.05, 3.63) is 58.3 Å². The van der Waals surface area contributed by atoms with E-state index in [1.54, 1.807) is 6.07 Å². The fraction of sp³-hybridized carbons (Fsp3) is 0.500. The van der Waals surface area contributed by atoms with Gasteiger partial charge < -0.3 is 10.00 Å². The molecule has 4 nitrogen and oxygen atoms in total. The third-order valence-electron chi connectivity index (χ3n) is 5.61. The highest BCUT2D eigenvalue weighted by atomic mass is 32.1. The smallest absolute Gasteiger partial charge is 0.314 e. The summed E-state index contributed by atoms with van der Waals surface area (Å²) >= 11 is 1.43. The van der Waals surface area contributed by atoms with E-state index in [0.717, 1.165) is 31.2 Å². The fourth-order valence-electron chi connectivity index (χ4n) is 4.08. The van der Waals surface area contributed by atoms with Gasteiger partial charge in [-0.1, -0.05) is 69.9 Å². The summed E-state index contributed by atoms with van der Waals surface area (Å²) in [6.45, 7) is 3.93. The second kappa shape index (κ2) is 10.4. The van der Waals surface area contributed by atoms with Crippen molar-refractivity contribution < 1.29 is 19.4 Å². The third-order valence-corrected chi connectivity index (χ3v) is 8.79. The zero-order valence-electron chi connectivity index (χ0n) is 16.7. The van der Waals surface area contributed by atoms with Gasteiger partial charge in [0.2, 0.25) is 7.37 Å². The standard InChI is InChI=1S/C22H31O4PS/c1-3-5-6-10-13-20(27(25,26)16-18-11-8-7-9-12-18)22(4-2,21(23)24)19-14-15-28-17-19/h7-9,11-12,14-15,17,20H,3-6,10,13,16H2,1-2H3,(H,23,24)(H,25,26). The Morgan fingerprint density at radius 3 is 2.39 bits per heavy atom. The number of rotatable bonds is 12. The quantitative estimate of drug-likeness (QED) is 0.311. The molecule has 0 amide bonds. The Balaban J connectivity index is 2.46. The van der Waals surface area contributed by atoms with Crippen LogP contribution >= 0.6 is 18.7 Å². The van der Waals surface area contributed by atoms with Crippen LogP contribution < -0.4 is 0 Å². The average molecular weight is 423 g/mol. The van der Waals surface area contributed by atoms with E-state index in [0.29, 0.717) is 12.0 Å². The van der Waals surface area contributed by atoms with E-state index in [9.17, 15) is 19.4 Å². The van der Waals surface area contributed by atoms with E-state index in [1.807, 2.05) is 48.0 Å². The van der Waals surface area contributed by atoms with Crippen LogP contribution in [-0.2, 0) is 20.9 Å². The largest absolute Gasteiger partial charge is 0.481 e. The molecule has 1 aromatic heterocycles. The first-order valence-corrected chi connectivity index (χ1v) is 12.9. The number of hydrogen-bond acceptors (Lipinski definition) is 3. The van der Waals surface area contributed by atoms with E-state index >= 15 is 0 Å². The van der Waals surface area contributed by atoms with Crippen LogP contribution in [0.1, 0.15) is 63.5 Å². The number of carbonyl (C=O) groups is 1. The monoisotopic (exact) mass is 422 g/mol. The molecular weight excluding hydrogens is 391 g/mol. The van der Waals surface area contributed by atoms with Crippen LogP contribution in [0.15, 0.2) is 47.2 Å². The van der Waals surface area contributed by atoms with Crippen molar-refractivity contribution in [3.8, 4) is 0 Å². The molecule has 28 heavy (non-hydrogen) atoms. The number of benzene rings is 1. The van der Waals surface area contributed by atoms with E-state index in [1.165, 1.54) is 11.3 Å². The van der Waals surface area contributed by atoms with Crippen molar-refractivity contribution in [3.63, 3.8) is 0 Å². The van der Waals surface area contributed by atoms with Crippen LogP contribution in [0.5, 0.6) is 0 Å². The summed E-state index contributed by atoms with van der Waals surface area (Å²) in [4.78, 5) is 23.7. The Bertz CT molecular complexity index is 775. The second-order valence-corrected chi connectivity index (χ2v) is 10.6. The Morgan fingerprint density at radius 1 is 1.14 bits per heavy atom. The Morgan fingerprint density at radius 2 is 1.86 bits per heavy atom. The molecule has 1 aromatic carbocycles. The van der Waals surface area contributed by atoms with Gasteiger partial charge in [-0.3, -0.25) is 9.36 Å². The SMILES string of the molecule is CCCCCCC(C(CC)(C(=O)O)c1ccsc1)P(=O)(O)Cc1ccccc1. The molecule has 1 heterocycles. The minimum atomic E-state index is -3.78. The first-order valence-electron chi connectivity index (χ1n) is 10.00. The molecule has 6 heteroatoms. The Hall–Kier alpha value is -1.42. The summed E-state index contributed by atoms with van der Waals surface area (Å²) in [7, 11) is -3.78. The Labute approximate surface area is 172 Å². The molecule has 0 bridgehead atoms.